The van der Waals surface area contributed by atoms with E-state index < -0.39 is 7.12 Å². The molecule has 0 atom stereocenters. The number of hydrogen-bond donors (Lipinski definition) is 0. The van der Waals surface area contributed by atoms with Crippen LogP contribution in [0.5, 0.6) is 0 Å². The van der Waals surface area contributed by atoms with Gasteiger partial charge in [0.05, 0.1) is 0 Å². The molecule has 0 unspecified atom stereocenters. The van der Waals surface area contributed by atoms with Crippen molar-refractivity contribution >= 4 is 80.2 Å². The first-order chi connectivity index (χ1) is 8.27. The van der Waals surface area contributed by atoms with Crippen molar-refractivity contribution in [1.29, 1.82) is 0 Å². The number of hydrogen-bond acceptors (Lipinski definition) is 2. The molecule has 0 aliphatic carbocycles. The molecule has 2 nitrogen and oxygen atoms in total. The monoisotopic (exact) mass is 338 g/mol. The number of benzene rings is 3. The van der Waals surface area contributed by atoms with Crippen molar-refractivity contribution < 1.29 is 34.9 Å². The van der Waals surface area contributed by atoms with Crippen LogP contribution >= 0.6 is 0 Å². The van der Waals surface area contributed by atoms with Gasteiger partial charge in [-0.2, -0.15) is 0 Å². The molecule has 0 saturated carbocycles. The molecule has 98 valence electrons. The average Bonchev–Trinajstić information content (AvgIpc) is 2.35. The van der Waals surface area contributed by atoms with Crippen molar-refractivity contribution in [3.8, 4) is 0 Å². The van der Waals surface area contributed by atoms with E-state index in [9.17, 15) is 10.0 Å². The van der Waals surface area contributed by atoms with Gasteiger partial charge in [0.2, 0.25) is 0 Å². The Morgan fingerprint density at radius 3 is 1.43 bits per heavy atom. The largest absolute Gasteiger partial charge is 2.00 e. The molecule has 21 heavy (non-hydrogen) atoms. The second-order valence-electron chi connectivity index (χ2n) is 4.06. The van der Waals surface area contributed by atoms with Crippen LogP contribution in [0.3, 0.4) is 0 Å². The molecular weight excluding hydrogens is 330 g/mol. The molecule has 0 aliphatic rings. The van der Waals surface area contributed by atoms with Gasteiger partial charge in [0.25, 0.3) is 0 Å². The van der Waals surface area contributed by atoms with Gasteiger partial charge in [-0.25, -0.2) is 0 Å². The molecule has 0 spiro atoms. The zero-order valence-corrected chi connectivity index (χ0v) is 15.6. The first-order valence-electron chi connectivity index (χ1n) is 5.49. The quantitative estimate of drug-likeness (QED) is 0.327. The van der Waals surface area contributed by atoms with Crippen molar-refractivity contribution in [1.82, 2.24) is 0 Å². The Morgan fingerprint density at radius 1 is 0.667 bits per heavy atom. The SMILES string of the molecule is [Cl-].[Cl-].[Mg+2].[Mg+2].[O-]B([O-])c1c2ccccc2cc2ccccc12. The molecule has 3 aromatic carbocycles. The molecule has 0 amide bonds. The van der Waals surface area contributed by atoms with Gasteiger partial charge in [0.15, 0.2) is 0 Å². The Labute approximate surface area is 168 Å². The summed E-state index contributed by atoms with van der Waals surface area (Å²) >= 11 is 0. The molecule has 0 N–H and O–H groups in total. The first kappa shape index (κ1) is 23.5. The van der Waals surface area contributed by atoms with E-state index in [2.05, 4.69) is 0 Å². The third-order valence-corrected chi connectivity index (χ3v) is 3.05. The Hall–Kier alpha value is 0.277. The predicted molar refractivity (Wildman–Crippen MR) is 78.4 cm³/mol. The van der Waals surface area contributed by atoms with Crippen molar-refractivity contribution in [2.45, 2.75) is 0 Å². The van der Waals surface area contributed by atoms with E-state index in [0.717, 1.165) is 21.5 Å². The van der Waals surface area contributed by atoms with E-state index in [4.69, 9.17) is 0 Å². The van der Waals surface area contributed by atoms with Crippen LogP contribution in [0.4, 0.5) is 0 Å². The summed E-state index contributed by atoms with van der Waals surface area (Å²) in [6.45, 7) is 0. The smallest absolute Gasteiger partial charge is 1.00 e. The van der Waals surface area contributed by atoms with E-state index in [1.54, 1.807) is 0 Å². The van der Waals surface area contributed by atoms with Crippen molar-refractivity contribution in [2.75, 3.05) is 0 Å². The minimum atomic E-state index is -1.95. The van der Waals surface area contributed by atoms with E-state index in [1.165, 1.54) is 0 Å². The van der Waals surface area contributed by atoms with Gasteiger partial charge in [0.1, 0.15) is 0 Å². The summed E-state index contributed by atoms with van der Waals surface area (Å²) in [5.41, 5.74) is 0.360. The van der Waals surface area contributed by atoms with Crippen LogP contribution in [0.15, 0.2) is 54.6 Å². The summed E-state index contributed by atoms with van der Waals surface area (Å²) in [4.78, 5) is 0. The fourth-order valence-electron chi connectivity index (χ4n) is 2.30. The molecule has 0 heterocycles. The fraction of sp³-hybridized carbons (Fsp3) is 0. The molecule has 0 aliphatic heterocycles. The van der Waals surface area contributed by atoms with Gasteiger partial charge in [-0.15, -0.1) is 5.46 Å². The maximum absolute atomic E-state index is 11.4. The summed E-state index contributed by atoms with van der Waals surface area (Å²) in [6, 6.07) is 17.0. The van der Waals surface area contributed by atoms with Crippen LogP contribution in [0.25, 0.3) is 21.5 Å². The molecule has 0 fully saturated rings. The van der Waals surface area contributed by atoms with Crippen LogP contribution in [-0.2, 0) is 0 Å². The summed E-state index contributed by atoms with van der Waals surface area (Å²) in [6.07, 6.45) is 0. The summed E-state index contributed by atoms with van der Waals surface area (Å²) < 4.78 is 0. The van der Waals surface area contributed by atoms with Crippen LogP contribution in [0, 0.1) is 0 Å². The van der Waals surface area contributed by atoms with Gasteiger partial charge < -0.3 is 34.9 Å². The third-order valence-electron chi connectivity index (χ3n) is 3.05. The Bertz CT molecular complexity index is 657. The second-order valence-corrected chi connectivity index (χ2v) is 4.06. The Balaban J connectivity index is 0. The Kier molecular flexibility index (Phi) is 11.4. The standard InChI is InChI=1S/C14H9BO2.2ClH.2Mg/c16-15(17)14-12-7-3-1-5-10(12)9-11-6-2-4-8-13(11)14;;;;/h1-9H;2*1H;;/q-2;;;2*+2/p-2. The zero-order valence-electron chi connectivity index (χ0n) is 11.3. The molecule has 0 radical (unpaired) electrons. The van der Waals surface area contributed by atoms with Gasteiger partial charge in [0, 0.05) is 0 Å². The minimum Gasteiger partial charge on any atom is -1.00 e. The van der Waals surface area contributed by atoms with Crippen molar-refractivity contribution in [3.05, 3.63) is 54.6 Å². The molecule has 0 saturated heterocycles. The zero-order chi connectivity index (χ0) is 11.8. The number of halogens is 2. The Morgan fingerprint density at radius 2 is 1.05 bits per heavy atom. The van der Waals surface area contributed by atoms with Crippen molar-refractivity contribution in [2.24, 2.45) is 0 Å². The van der Waals surface area contributed by atoms with E-state index in [1.807, 2.05) is 54.6 Å². The maximum Gasteiger partial charge on any atom is 2.00 e. The summed E-state index contributed by atoms with van der Waals surface area (Å²) in [5.74, 6) is 0. The van der Waals surface area contributed by atoms with Crippen LogP contribution in [0.1, 0.15) is 0 Å². The molecule has 3 rings (SSSR count). The second kappa shape index (κ2) is 10.1. The van der Waals surface area contributed by atoms with Gasteiger partial charge in [-0.1, -0.05) is 55.6 Å². The summed E-state index contributed by atoms with van der Waals surface area (Å²) in [5, 5.41) is 26.2. The van der Waals surface area contributed by atoms with Gasteiger partial charge in [-0.3, -0.25) is 0 Å². The van der Waals surface area contributed by atoms with Crippen molar-refractivity contribution in [3.63, 3.8) is 0 Å². The summed E-state index contributed by atoms with van der Waals surface area (Å²) in [7, 11) is -1.95. The molecule has 0 aromatic heterocycles. The van der Waals surface area contributed by atoms with E-state index in [0.29, 0.717) is 5.46 Å². The molecule has 3 aromatic rings. The number of fused-ring (bicyclic) bond motifs is 2. The van der Waals surface area contributed by atoms with Crippen LogP contribution in [-0.4, -0.2) is 53.2 Å². The molecular formula is C14H9BCl2Mg2O2. The molecule has 0 bridgehead atoms. The average molecular weight is 340 g/mol. The van der Waals surface area contributed by atoms with Crippen LogP contribution < -0.4 is 40.3 Å². The first-order valence-corrected chi connectivity index (χ1v) is 5.49. The normalized spacial score (nSPS) is 8.86. The van der Waals surface area contributed by atoms with E-state index >= 15 is 0 Å². The molecule has 7 heteroatoms. The maximum atomic E-state index is 11.4. The van der Waals surface area contributed by atoms with Gasteiger partial charge in [-0.05, 0) is 27.6 Å². The van der Waals surface area contributed by atoms with E-state index in [-0.39, 0.29) is 70.9 Å². The fourth-order valence-corrected chi connectivity index (χ4v) is 2.30. The van der Waals surface area contributed by atoms with Gasteiger partial charge >= 0.3 is 46.1 Å². The van der Waals surface area contributed by atoms with Crippen LogP contribution in [0.2, 0.25) is 0 Å². The number of rotatable bonds is 1. The topological polar surface area (TPSA) is 46.1 Å². The third kappa shape index (κ3) is 4.62. The predicted octanol–water partition coefficient (Wildman–Crippen LogP) is -6.34. The minimum absolute atomic E-state index is 0.